The molecule has 7 atom stereocenters. The van der Waals surface area contributed by atoms with Crippen LogP contribution < -0.4 is 0 Å². The average molecular weight is 217 g/mol. The summed E-state index contributed by atoms with van der Waals surface area (Å²) in [7, 11) is 1.72. The van der Waals surface area contributed by atoms with Gasteiger partial charge in [-0.05, 0) is 23.7 Å². The summed E-state index contributed by atoms with van der Waals surface area (Å²) in [6.07, 6.45) is 8.34. The van der Waals surface area contributed by atoms with Gasteiger partial charge in [-0.15, -0.1) is 0 Å². The lowest BCUT2D eigenvalue weighted by molar-refractivity contribution is -0.135. The molecule has 0 aromatic rings. The van der Waals surface area contributed by atoms with Gasteiger partial charge in [-0.2, -0.15) is 0 Å². The number of carbonyl (C=O) groups is 1. The molecular formula is C13H15NO2. The van der Waals surface area contributed by atoms with Crippen LogP contribution in [0.25, 0.3) is 0 Å². The SMILES string of the molecule is CN1C(=O)[C@H]2C3C=CC(C4C=CC43)C2C1O. The first kappa shape index (κ1) is 8.99. The number of hydrogen-bond acceptors (Lipinski definition) is 2. The first-order chi connectivity index (χ1) is 7.70. The Bertz CT molecular complexity index is 428. The van der Waals surface area contributed by atoms with Crippen LogP contribution in [0.15, 0.2) is 24.3 Å². The molecule has 2 bridgehead atoms. The van der Waals surface area contributed by atoms with Gasteiger partial charge in [-0.3, -0.25) is 4.79 Å². The van der Waals surface area contributed by atoms with Gasteiger partial charge in [0.25, 0.3) is 0 Å². The molecule has 2 fully saturated rings. The van der Waals surface area contributed by atoms with E-state index >= 15 is 0 Å². The molecule has 1 saturated heterocycles. The molecule has 1 aliphatic heterocycles. The van der Waals surface area contributed by atoms with Gasteiger partial charge in [-0.25, -0.2) is 0 Å². The fraction of sp³-hybridized carbons (Fsp3) is 0.615. The highest BCUT2D eigenvalue weighted by Gasteiger charge is 2.61. The first-order valence-corrected chi connectivity index (χ1v) is 6.01. The molecule has 5 rings (SSSR count). The van der Waals surface area contributed by atoms with Crippen molar-refractivity contribution in [1.29, 1.82) is 0 Å². The molecule has 0 spiro atoms. The molecule has 1 N–H and O–H groups in total. The number of aliphatic hydroxyl groups is 1. The van der Waals surface area contributed by atoms with Gasteiger partial charge in [0.2, 0.25) is 5.91 Å². The van der Waals surface area contributed by atoms with Crippen molar-refractivity contribution >= 4 is 5.91 Å². The van der Waals surface area contributed by atoms with Crippen LogP contribution in [-0.4, -0.2) is 29.2 Å². The van der Waals surface area contributed by atoms with Gasteiger partial charge >= 0.3 is 0 Å². The fourth-order valence-corrected chi connectivity index (χ4v) is 4.23. The number of amides is 1. The summed E-state index contributed by atoms with van der Waals surface area (Å²) >= 11 is 0. The third-order valence-corrected chi connectivity index (χ3v) is 5.09. The summed E-state index contributed by atoms with van der Waals surface area (Å²) in [5.74, 6) is 2.12. The first-order valence-electron chi connectivity index (χ1n) is 6.01. The van der Waals surface area contributed by atoms with Crippen molar-refractivity contribution in [3.8, 4) is 0 Å². The number of likely N-dealkylation sites (tertiary alicyclic amines) is 1. The summed E-state index contributed by atoms with van der Waals surface area (Å²) in [5, 5.41) is 10.2. The van der Waals surface area contributed by atoms with E-state index in [9.17, 15) is 9.90 Å². The molecule has 1 saturated carbocycles. The molecule has 6 unspecified atom stereocenters. The smallest absolute Gasteiger partial charge is 0.228 e. The van der Waals surface area contributed by atoms with E-state index in [1.807, 2.05) is 0 Å². The van der Waals surface area contributed by atoms with Crippen LogP contribution in [0.1, 0.15) is 0 Å². The molecule has 84 valence electrons. The van der Waals surface area contributed by atoms with Crippen LogP contribution in [0.4, 0.5) is 0 Å². The molecule has 5 aliphatic rings. The topological polar surface area (TPSA) is 40.5 Å². The molecule has 3 heteroatoms. The van der Waals surface area contributed by atoms with Crippen molar-refractivity contribution in [2.45, 2.75) is 6.23 Å². The van der Waals surface area contributed by atoms with E-state index < -0.39 is 6.23 Å². The van der Waals surface area contributed by atoms with E-state index in [1.165, 1.54) is 4.90 Å². The van der Waals surface area contributed by atoms with Gasteiger partial charge in [0.15, 0.2) is 0 Å². The monoisotopic (exact) mass is 217 g/mol. The second-order valence-electron chi connectivity index (χ2n) is 5.55. The Morgan fingerprint density at radius 1 is 1.06 bits per heavy atom. The van der Waals surface area contributed by atoms with E-state index in [0.717, 1.165) is 0 Å². The van der Waals surface area contributed by atoms with Crippen molar-refractivity contribution in [2.75, 3.05) is 7.05 Å². The van der Waals surface area contributed by atoms with Crippen LogP contribution in [0.3, 0.4) is 0 Å². The zero-order valence-corrected chi connectivity index (χ0v) is 9.15. The summed E-state index contributed by atoms with van der Waals surface area (Å²) < 4.78 is 0. The molecule has 16 heavy (non-hydrogen) atoms. The summed E-state index contributed by atoms with van der Waals surface area (Å²) in [4.78, 5) is 13.7. The van der Waals surface area contributed by atoms with E-state index in [-0.39, 0.29) is 17.7 Å². The number of allylic oxidation sites excluding steroid dienone is 4. The highest BCUT2D eigenvalue weighted by atomic mass is 16.3. The van der Waals surface area contributed by atoms with Crippen molar-refractivity contribution in [3.05, 3.63) is 24.3 Å². The van der Waals surface area contributed by atoms with Gasteiger partial charge in [0, 0.05) is 13.0 Å². The number of nitrogens with zero attached hydrogens (tertiary/aromatic N) is 1. The van der Waals surface area contributed by atoms with E-state index in [1.54, 1.807) is 7.05 Å². The summed E-state index contributed by atoms with van der Waals surface area (Å²) in [6, 6.07) is 0. The van der Waals surface area contributed by atoms with Crippen molar-refractivity contribution in [3.63, 3.8) is 0 Å². The minimum absolute atomic E-state index is 0.0289. The van der Waals surface area contributed by atoms with E-state index in [0.29, 0.717) is 23.7 Å². The molecule has 0 aromatic heterocycles. The van der Waals surface area contributed by atoms with E-state index in [2.05, 4.69) is 24.3 Å². The van der Waals surface area contributed by atoms with Gasteiger partial charge in [0.05, 0.1) is 5.92 Å². The molecule has 0 aromatic carbocycles. The lowest BCUT2D eigenvalue weighted by Gasteiger charge is -2.53. The number of carbonyl (C=O) groups excluding carboxylic acids is 1. The van der Waals surface area contributed by atoms with E-state index in [4.69, 9.17) is 0 Å². The summed E-state index contributed by atoms with van der Waals surface area (Å²) in [6.45, 7) is 0. The number of aliphatic hydroxyl groups excluding tert-OH is 1. The second kappa shape index (κ2) is 2.59. The molecule has 1 heterocycles. The van der Waals surface area contributed by atoms with Crippen LogP contribution >= 0.6 is 0 Å². The maximum absolute atomic E-state index is 12.1. The van der Waals surface area contributed by atoms with Crippen LogP contribution in [0.2, 0.25) is 0 Å². The lowest BCUT2D eigenvalue weighted by atomic mass is 9.50. The number of hydrogen-bond donors (Lipinski definition) is 1. The Balaban J connectivity index is 1.84. The zero-order valence-electron chi connectivity index (χ0n) is 9.15. The Kier molecular flexibility index (Phi) is 1.46. The summed E-state index contributed by atoms with van der Waals surface area (Å²) in [5.41, 5.74) is 0. The number of rotatable bonds is 0. The normalized spacial score (nSPS) is 56.2. The van der Waals surface area contributed by atoms with Gasteiger partial charge in [-0.1, -0.05) is 24.3 Å². The third-order valence-electron chi connectivity index (χ3n) is 5.09. The van der Waals surface area contributed by atoms with Crippen molar-refractivity contribution in [2.24, 2.45) is 35.5 Å². The van der Waals surface area contributed by atoms with Gasteiger partial charge < -0.3 is 10.0 Å². The highest BCUT2D eigenvalue weighted by Crippen LogP contribution is 2.59. The van der Waals surface area contributed by atoms with Crippen LogP contribution in [0, 0.1) is 35.5 Å². The second-order valence-corrected chi connectivity index (χ2v) is 5.55. The predicted molar refractivity (Wildman–Crippen MR) is 58.0 cm³/mol. The molecule has 4 aliphatic carbocycles. The average Bonchev–Trinajstić information content (AvgIpc) is 2.45. The Morgan fingerprint density at radius 2 is 1.62 bits per heavy atom. The van der Waals surface area contributed by atoms with Gasteiger partial charge in [0.1, 0.15) is 6.23 Å². The lowest BCUT2D eigenvalue weighted by Crippen LogP contribution is -2.51. The Morgan fingerprint density at radius 3 is 2.31 bits per heavy atom. The maximum atomic E-state index is 12.1. The van der Waals surface area contributed by atoms with Crippen molar-refractivity contribution in [1.82, 2.24) is 4.90 Å². The third kappa shape index (κ3) is 0.766. The molecule has 3 nitrogen and oxygen atoms in total. The predicted octanol–water partition coefficient (Wildman–Crippen LogP) is 0.627. The molecule has 1 amide bonds. The van der Waals surface area contributed by atoms with Crippen molar-refractivity contribution < 1.29 is 9.90 Å². The minimum Gasteiger partial charge on any atom is -0.373 e. The minimum atomic E-state index is -0.579. The largest absolute Gasteiger partial charge is 0.373 e. The zero-order chi connectivity index (χ0) is 11.0. The highest BCUT2D eigenvalue weighted by molar-refractivity contribution is 5.83. The quantitative estimate of drug-likeness (QED) is 0.604. The molecule has 0 radical (unpaired) electrons. The fourth-order valence-electron chi connectivity index (χ4n) is 4.23. The Hall–Kier alpha value is -1.09. The maximum Gasteiger partial charge on any atom is 0.228 e. The standard InChI is InChI=1S/C13H15NO2/c1-14-12(15)10-8-4-5-9(11(10)13(14)16)7-3-2-6(7)8/h2-12,15H,1H3/t6?,7?,8?,9?,10?,11-,12?/m0/s1. The van der Waals surface area contributed by atoms with Crippen LogP contribution in [-0.2, 0) is 4.79 Å². The molecular weight excluding hydrogens is 202 g/mol. The van der Waals surface area contributed by atoms with Crippen LogP contribution in [0.5, 0.6) is 0 Å². The Labute approximate surface area is 94.4 Å².